The predicted molar refractivity (Wildman–Crippen MR) is 63.4 cm³/mol. The van der Waals surface area contributed by atoms with Crippen LogP contribution in [0, 0.1) is 0 Å². The molecule has 0 saturated carbocycles. The van der Waals surface area contributed by atoms with Gasteiger partial charge in [-0.25, -0.2) is 0 Å². The Labute approximate surface area is 94.5 Å². The first kappa shape index (κ1) is 10.5. The molecule has 3 unspecified atom stereocenters. The third-order valence-corrected chi connectivity index (χ3v) is 4.40. The molecule has 2 heterocycles. The van der Waals surface area contributed by atoms with Crippen molar-refractivity contribution in [3.05, 3.63) is 21.3 Å². The van der Waals surface area contributed by atoms with Gasteiger partial charge in [-0.15, -0.1) is 11.3 Å². The molecule has 1 saturated heterocycles. The van der Waals surface area contributed by atoms with Gasteiger partial charge in [-0.3, -0.25) is 0 Å². The highest BCUT2D eigenvalue weighted by Gasteiger charge is 2.31. The van der Waals surface area contributed by atoms with Gasteiger partial charge in [-0.2, -0.15) is 0 Å². The highest BCUT2D eigenvalue weighted by Crippen LogP contribution is 2.36. The molecule has 1 aliphatic heterocycles. The van der Waals surface area contributed by atoms with Crippen LogP contribution in [0.1, 0.15) is 37.5 Å². The summed E-state index contributed by atoms with van der Waals surface area (Å²) < 4.78 is 0. The fourth-order valence-electron chi connectivity index (χ4n) is 2.33. The van der Waals surface area contributed by atoms with Crippen LogP contribution in [-0.2, 0) is 0 Å². The van der Waals surface area contributed by atoms with Gasteiger partial charge in [0.1, 0.15) is 0 Å². The zero-order chi connectivity index (χ0) is 10.1. The van der Waals surface area contributed by atoms with E-state index in [2.05, 4.69) is 25.2 Å². The lowest BCUT2D eigenvalue weighted by Gasteiger charge is -2.15. The molecule has 2 rings (SSSR count). The molecule has 1 nitrogen and oxygen atoms in total. The van der Waals surface area contributed by atoms with Gasteiger partial charge >= 0.3 is 0 Å². The van der Waals surface area contributed by atoms with Gasteiger partial charge in [-0.1, -0.05) is 18.5 Å². The second-order valence-corrected chi connectivity index (χ2v) is 5.47. The minimum atomic E-state index is 0.639. The summed E-state index contributed by atoms with van der Waals surface area (Å²) in [5.74, 6) is 0.674. The summed E-state index contributed by atoms with van der Waals surface area (Å²) in [6, 6.07) is 3.41. The van der Waals surface area contributed by atoms with Crippen molar-refractivity contribution in [3.63, 3.8) is 0 Å². The summed E-state index contributed by atoms with van der Waals surface area (Å²) >= 11 is 7.75. The summed E-state index contributed by atoms with van der Waals surface area (Å²) in [4.78, 5) is 1.44. The minimum absolute atomic E-state index is 0.639. The second-order valence-electron chi connectivity index (χ2n) is 4.09. The summed E-state index contributed by atoms with van der Waals surface area (Å²) in [6.45, 7) is 4.51. The van der Waals surface area contributed by atoms with E-state index in [-0.39, 0.29) is 0 Å². The lowest BCUT2D eigenvalue weighted by atomic mass is 9.96. The maximum atomic E-state index is 5.96. The Hall–Kier alpha value is -0.0500. The third kappa shape index (κ3) is 1.97. The van der Waals surface area contributed by atoms with Gasteiger partial charge in [0.25, 0.3) is 0 Å². The molecule has 14 heavy (non-hydrogen) atoms. The van der Waals surface area contributed by atoms with Crippen LogP contribution in [0.3, 0.4) is 0 Å². The Bertz CT molecular complexity index is 310. The van der Waals surface area contributed by atoms with Crippen molar-refractivity contribution < 1.29 is 0 Å². The van der Waals surface area contributed by atoms with Crippen molar-refractivity contribution in [2.75, 3.05) is 0 Å². The zero-order valence-corrected chi connectivity index (χ0v) is 10.2. The van der Waals surface area contributed by atoms with E-state index in [1.54, 1.807) is 11.3 Å². The van der Waals surface area contributed by atoms with E-state index in [0.29, 0.717) is 18.0 Å². The molecule has 0 amide bonds. The van der Waals surface area contributed by atoms with Crippen LogP contribution >= 0.6 is 22.9 Å². The van der Waals surface area contributed by atoms with Crippen LogP contribution in [0.4, 0.5) is 0 Å². The molecule has 1 aliphatic rings. The molecule has 0 aliphatic carbocycles. The van der Waals surface area contributed by atoms with Gasteiger partial charge in [0.05, 0.1) is 5.02 Å². The van der Waals surface area contributed by atoms with Crippen molar-refractivity contribution in [2.45, 2.75) is 44.7 Å². The molecule has 1 aromatic rings. The molecule has 0 spiro atoms. The quantitative estimate of drug-likeness (QED) is 0.817. The van der Waals surface area contributed by atoms with E-state index in [9.17, 15) is 0 Å². The summed E-state index contributed by atoms with van der Waals surface area (Å²) in [6.07, 6.45) is 2.44. The van der Waals surface area contributed by atoms with Crippen LogP contribution in [0.2, 0.25) is 5.02 Å². The van der Waals surface area contributed by atoms with E-state index in [1.165, 1.54) is 17.7 Å². The third-order valence-electron chi connectivity index (χ3n) is 2.98. The molecule has 1 fully saturated rings. The lowest BCUT2D eigenvalue weighted by molar-refractivity contribution is 0.521. The van der Waals surface area contributed by atoms with Crippen molar-refractivity contribution >= 4 is 22.9 Å². The average Bonchev–Trinajstić information content (AvgIpc) is 2.71. The summed E-state index contributed by atoms with van der Waals surface area (Å²) in [5, 5.41) is 6.55. The largest absolute Gasteiger partial charge is 0.311 e. The lowest BCUT2D eigenvalue weighted by Crippen LogP contribution is -2.28. The van der Waals surface area contributed by atoms with E-state index in [0.717, 1.165) is 5.02 Å². The smallest absolute Gasteiger partial charge is 0.0515 e. The molecular formula is C11H16ClNS. The number of halogens is 1. The molecule has 1 aromatic heterocycles. The van der Waals surface area contributed by atoms with Gasteiger partial charge < -0.3 is 5.32 Å². The number of rotatable bonds is 2. The number of hydrogen-bond donors (Lipinski definition) is 1. The maximum absolute atomic E-state index is 5.96. The standard InChI is InChI=1S/C11H16ClNS/c1-3-10-9(4-7(2)13-10)11-5-8(12)6-14-11/h5-7,9-10,13H,3-4H2,1-2H3. The molecule has 0 radical (unpaired) electrons. The average molecular weight is 230 g/mol. The summed E-state index contributed by atoms with van der Waals surface area (Å²) in [7, 11) is 0. The topological polar surface area (TPSA) is 12.0 Å². The first-order valence-electron chi connectivity index (χ1n) is 5.20. The van der Waals surface area contributed by atoms with Crippen LogP contribution in [-0.4, -0.2) is 12.1 Å². The van der Waals surface area contributed by atoms with Gasteiger partial charge in [0.2, 0.25) is 0 Å². The monoisotopic (exact) mass is 229 g/mol. The second kappa shape index (κ2) is 4.21. The van der Waals surface area contributed by atoms with Crippen LogP contribution < -0.4 is 5.32 Å². The molecular weight excluding hydrogens is 214 g/mol. The van der Waals surface area contributed by atoms with Gasteiger partial charge in [-0.05, 0) is 25.8 Å². The Kier molecular flexibility index (Phi) is 3.15. The van der Waals surface area contributed by atoms with Gasteiger partial charge in [0.15, 0.2) is 0 Å². The van der Waals surface area contributed by atoms with Gasteiger partial charge in [0, 0.05) is 28.3 Å². The van der Waals surface area contributed by atoms with E-state index < -0.39 is 0 Å². The Balaban J connectivity index is 2.17. The Morgan fingerprint density at radius 2 is 2.43 bits per heavy atom. The molecule has 3 atom stereocenters. The number of hydrogen-bond acceptors (Lipinski definition) is 2. The molecule has 1 N–H and O–H groups in total. The van der Waals surface area contributed by atoms with E-state index >= 15 is 0 Å². The Morgan fingerprint density at radius 1 is 1.64 bits per heavy atom. The fraction of sp³-hybridized carbons (Fsp3) is 0.636. The van der Waals surface area contributed by atoms with Crippen LogP contribution in [0.25, 0.3) is 0 Å². The van der Waals surface area contributed by atoms with E-state index in [1.807, 2.05) is 5.38 Å². The summed E-state index contributed by atoms with van der Waals surface area (Å²) in [5.41, 5.74) is 0. The van der Waals surface area contributed by atoms with Crippen molar-refractivity contribution in [2.24, 2.45) is 0 Å². The SMILES string of the molecule is CCC1NC(C)CC1c1cc(Cl)cs1. The van der Waals surface area contributed by atoms with Crippen LogP contribution in [0.15, 0.2) is 11.4 Å². The predicted octanol–water partition coefficient (Wildman–Crippen LogP) is 3.65. The Morgan fingerprint density at radius 3 is 3.00 bits per heavy atom. The molecule has 0 bridgehead atoms. The van der Waals surface area contributed by atoms with Crippen molar-refractivity contribution in [1.82, 2.24) is 5.32 Å². The number of thiophene rings is 1. The van der Waals surface area contributed by atoms with Crippen molar-refractivity contribution in [1.29, 1.82) is 0 Å². The maximum Gasteiger partial charge on any atom is 0.0515 e. The normalized spacial score (nSPS) is 32.4. The molecule has 3 heteroatoms. The minimum Gasteiger partial charge on any atom is -0.311 e. The number of nitrogens with one attached hydrogen (secondary N) is 1. The fourth-order valence-corrected chi connectivity index (χ4v) is 3.60. The first-order valence-corrected chi connectivity index (χ1v) is 6.46. The van der Waals surface area contributed by atoms with Crippen LogP contribution in [0.5, 0.6) is 0 Å². The zero-order valence-electron chi connectivity index (χ0n) is 8.59. The molecule has 78 valence electrons. The highest BCUT2D eigenvalue weighted by atomic mass is 35.5. The first-order chi connectivity index (χ1) is 6.70. The highest BCUT2D eigenvalue weighted by molar-refractivity contribution is 7.10. The molecule has 0 aromatic carbocycles. The van der Waals surface area contributed by atoms with E-state index in [4.69, 9.17) is 11.6 Å². The van der Waals surface area contributed by atoms with Crippen molar-refractivity contribution in [3.8, 4) is 0 Å².